The van der Waals surface area contributed by atoms with E-state index < -0.39 is 24.0 Å². The van der Waals surface area contributed by atoms with E-state index in [1.54, 1.807) is 19.1 Å². The lowest BCUT2D eigenvalue weighted by atomic mass is 10.1. The summed E-state index contributed by atoms with van der Waals surface area (Å²) in [5.74, 6) is -0.0704. The third kappa shape index (κ3) is 9.34. The molecule has 0 unspecified atom stereocenters. The number of carbonyl (C=O) groups is 2. The van der Waals surface area contributed by atoms with E-state index in [0.29, 0.717) is 28.7 Å². The Morgan fingerprint density at radius 2 is 1.60 bits per heavy atom. The van der Waals surface area contributed by atoms with Crippen molar-refractivity contribution in [1.29, 1.82) is 0 Å². The molecule has 0 aromatic heterocycles. The molecular weight excluding hydrogens is 641 g/mol. The number of hydrazone groups is 1. The zero-order chi connectivity index (χ0) is 29.9. The highest BCUT2D eigenvalue weighted by Gasteiger charge is 2.25. The van der Waals surface area contributed by atoms with Crippen LogP contribution in [0.25, 0.3) is 0 Å². The summed E-state index contributed by atoms with van der Waals surface area (Å²) in [5.41, 5.74) is 5.10. The lowest BCUT2D eigenvalue weighted by molar-refractivity contribution is -0.132. The Morgan fingerprint density at radius 1 is 0.881 bits per heavy atom. The smallest absolute Gasteiger partial charge is 0.262 e. The lowest BCUT2D eigenvalue weighted by Crippen LogP contribution is -2.50. The largest absolute Gasteiger partial charge is 0.488 e. The molecule has 10 heteroatoms. The number of para-hydroxylation sites is 1. The summed E-state index contributed by atoms with van der Waals surface area (Å²) < 4.78 is 12.7. The minimum atomic E-state index is -0.937. The minimum absolute atomic E-state index is 0.245. The van der Waals surface area contributed by atoms with Crippen molar-refractivity contribution in [3.63, 3.8) is 0 Å². The summed E-state index contributed by atoms with van der Waals surface area (Å²) in [6.45, 7) is 1.94. The molecule has 2 amide bonds. The minimum Gasteiger partial charge on any atom is -0.488 e. The molecule has 0 aliphatic rings. The fourth-order valence-electron chi connectivity index (χ4n) is 3.87. The second-order valence-electron chi connectivity index (χ2n) is 9.27. The van der Waals surface area contributed by atoms with Crippen LogP contribution in [0, 0.1) is 0 Å². The number of hydrogen-bond donors (Lipinski definition) is 2. The first kappa shape index (κ1) is 31.1. The van der Waals surface area contributed by atoms with Crippen LogP contribution in [-0.2, 0) is 22.6 Å². The first-order valence-electron chi connectivity index (χ1n) is 13.0. The van der Waals surface area contributed by atoms with Gasteiger partial charge in [-0.15, -0.1) is 0 Å². The van der Waals surface area contributed by atoms with E-state index in [9.17, 15) is 9.59 Å². The van der Waals surface area contributed by atoms with E-state index in [1.165, 1.54) is 12.3 Å². The topological polar surface area (TPSA) is 89.0 Å². The number of ether oxygens (including phenoxy) is 2. The van der Waals surface area contributed by atoms with Gasteiger partial charge in [-0.3, -0.25) is 9.59 Å². The number of nitrogens with one attached hydrogen (secondary N) is 2. The number of amides is 2. The lowest BCUT2D eigenvalue weighted by Gasteiger charge is -2.21. The van der Waals surface area contributed by atoms with Crippen molar-refractivity contribution in [3.8, 4) is 11.5 Å². The van der Waals surface area contributed by atoms with Crippen LogP contribution in [-0.4, -0.2) is 30.2 Å². The molecular formula is C32H28BrCl2N3O4. The summed E-state index contributed by atoms with van der Waals surface area (Å²) in [4.78, 5) is 26.3. The summed E-state index contributed by atoms with van der Waals surface area (Å²) in [6, 6.07) is 28.4. The number of halogens is 3. The van der Waals surface area contributed by atoms with Crippen LogP contribution in [0.5, 0.6) is 11.5 Å². The first-order chi connectivity index (χ1) is 20.3. The van der Waals surface area contributed by atoms with Crippen LogP contribution in [0.3, 0.4) is 0 Å². The molecule has 2 atom stereocenters. The van der Waals surface area contributed by atoms with Crippen molar-refractivity contribution in [3.05, 3.63) is 128 Å². The van der Waals surface area contributed by atoms with Crippen LogP contribution >= 0.6 is 39.1 Å². The Labute approximate surface area is 263 Å². The standard InChI is InChI=1S/C32H28BrCl2N3O4/c1-21(42-30-16-15-26(34)18-27(30)35)31(39)37-28(17-22-7-3-2-4-8-22)32(40)38-36-19-24-9-5-6-10-29(24)41-20-23-11-13-25(33)14-12-23/h2-16,18-19,21,28H,17,20H2,1H3,(H,37,39)(H,38,40)/b36-19-/t21-,28+/m1/s1. The van der Waals surface area contributed by atoms with Gasteiger partial charge in [0, 0.05) is 21.5 Å². The average molecular weight is 669 g/mol. The van der Waals surface area contributed by atoms with Gasteiger partial charge in [-0.1, -0.05) is 93.7 Å². The van der Waals surface area contributed by atoms with Crippen LogP contribution in [0.1, 0.15) is 23.6 Å². The molecule has 42 heavy (non-hydrogen) atoms. The first-order valence-corrected chi connectivity index (χ1v) is 14.6. The van der Waals surface area contributed by atoms with Crippen molar-refractivity contribution in [2.75, 3.05) is 0 Å². The normalized spacial score (nSPS) is 12.4. The maximum atomic E-state index is 13.2. The molecule has 0 heterocycles. The second-order valence-corrected chi connectivity index (χ2v) is 11.0. The van der Waals surface area contributed by atoms with E-state index in [2.05, 4.69) is 31.8 Å². The van der Waals surface area contributed by atoms with E-state index in [-0.39, 0.29) is 11.4 Å². The zero-order valence-corrected chi connectivity index (χ0v) is 25.7. The number of hydrogen-bond acceptors (Lipinski definition) is 5. The van der Waals surface area contributed by atoms with Gasteiger partial charge in [0.25, 0.3) is 11.8 Å². The quantitative estimate of drug-likeness (QED) is 0.126. The molecule has 4 rings (SSSR count). The highest BCUT2D eigenvalue weighted by molar-refractivity contribution is 9.10. The number of benzene rings is 4. The second kappa shape index (κ2) is 15.4. The molecule has 0 radical (unpaired) electrons. The van der Waals surface area contributed by atoms with Crippen molar-refractivity contribution >= 4 is 57.2 Å². The van der Waals surface area contributed by atoms with Gasteiger partial charge in [0.2, 0.25) is 0 Å². The zero-order valence-electron chi connectivity index (χ0n) is 22.6. The Bertz CT molecular complexity index is 1530. The molecule has 0 saturated heterocycles. The SMILES string of the molecule is C[C@@H](Oc1ccc(Cl)cc1Cl)C(=O)N[C@@H](Cc1ccccc1)C(=O)N/N=C\c1ccccc1OCc1ccc(Br)cc1. The molecule has 0 aliphatic heterocycles. The van der Waals surface area contributed by atoms with E-state index in [0.717, 1.165) is 15.6 Å². The van der Waals surface area contributed by atoms with Crippen LogP contribution in [0.15, 0.2) is 107 Å². The van der Waals surface area contributed by atoms with Gasteiger partial charge in [-0.05, 0) is 60.5 Å². The van der Waals surface area contributed by atoms with Gasteiger partial charge in [-0.25, -0.2) is 5.43 Å². The molecule has 0 aliphatic carbocycles. The Hall–Kier alpha value is -3.85. The van der Waals surface area contributed by atoms with E-state index in [1.807, 2.05) is 78.9 Å². The summed E-state index contributed by atoms with van der Waals surface area (Å²) in [7, 11) is 0. The third-order valence-corrected chi connectivity index (χ3v) is 7.15. The Morgan fingerprint density at radius 3 is 2.33 bits per heavy atom. The monoisotopic (exact) mass is 667 g/mol. The average Bonchev–Trinajstić information content (AvgIpc) is 2.99. The molecule has 216 valence electrons. The molecule has 4 aromatic rings. The van der Waals surface area contributed by atoms with Crippen molar-refractivity contribution in [2.45, 2.75) is 32.1 Å². The number of rotatable bonds is 12. The summed E-state index contributed by atoms with van der Waals surface area (Å²) in [5, 5.41) is 7.64. The molecule has 2 N–H and O–H groups in total. The van der Waals surface area contributed by atoms with Gasteiger partial charge in [-0.2, -0.15) is 5.10 Å². The van der Waals surface area contributed by atoms with Crippen molar-refractivity contribution in [2.24, 2.45) is 5.10 Å². The summed E-state index contributed by atoms with van der Waals surface area (Å²) >= 11 is 15.6. The predicted octanol–water partition coefficient (Wildman–Crippen LogP) is 6.98. The van der Waals surface area contributed by atoms with E-state index >= 15 is 0 Å². The Kier molecular flexibility index (Phi) is 11.4. The van der Waals surface area contributed by atoms with Gasteiger partial charge >= 0.3 is 0 Å². The van der Waals surface area contributed by atoms with Gasteiger partial charge < -0.3 is 14.8 Å². The van der Waals surface area contributed by atoms with Crippen LogP contribution in [0.4, 0.5) is 0 Å². The van der Waals surface area contributed by atoms with Gasteiger partial charge in [0.05, 0.1) is 11.2 Å². The molecule has 7 nitrogen and oxygen atoms in total. The fourth-order valence-corrected chi connectivity index (χ4v) is 4.58. The maximum absolute atomic E-state index is 13.2. The van der Waals surface area contributed by atoms with Crippen LogP contribution in [0.2, 0.25) is 10.0 Å². The summed E-state index contributed by atoms with van der Waals surface area (Å²) in [6.07, 6.45) is 0.813. The van der Waals surface area contributed by atoms with Gasteiger partial charge in [0.15, 0.2) is 6.10 Å². The van der Waals surface area contributed by atoms with E-state index in [4.69, 9.17) is 32.7 Å². The van der Waals surface area contributed by atoms with Crippen molar-refractivity contribution < 1.29 is 19.1 Å². The van der Waals surface area contributed by atoms with Gasteiger partial charge in [0.1, 0.15) is 24.1 Å². The molecule has 0 saturated carbocycles. The third-order valence-electron chi connectivity index (χ3n) is 6.09. The Balaban J connectivity index is 1.41. The number of carbonyl (C=O) groups excluding carboxylic acids is 2. The molecule has 0 fully saturated rings. The molecule has 0 spiro atoms. The highest BCUT2D eigenvalue weighted by atomic mass is 79.9. The highest BCUT2D eigenvalue weighted by Crippen LogP contribution is 2.28. The molecule has 4 aromatic carbocycles. The fraction of sp³-hybridized carbons (Fsp3) is 0.156. The van der Waals surface area contributed by atoms with Crippen molar-refractivity contribution in [1.82, 2.24) is 10.7 Å². The number of nitrogens with zero attached hydrogens (tertiary/aromatic N) is 1. The molecule has 0 bridgehead atoms. The maximum Gasteiger partial charge on any atom is 0.262 e. The van der Waals surface area contributed by atoms with Crippen LogP contribution < -0.4 is 20.2 Å². The predicted molar refractivity (Wildman–Crippen MR) is 169 cm³/mol.